The smallest absolute Gasteiger partial charge is 0.257 e. The second kappa shape index (κ2) is 8.42. The summed E-state index contributed by atoms with van der Waals surface area (Å²) in [7, 11) is 0. The maximum Gasteiger partial charge on any atom is 0.257 e. The maximum atomic E-state index is 5.80. The van der Waals surface area contributed by atoms with Gasteiger partial charge >= 0.3 is 0 Å². The first kappa shape index (κ1) is 19.1. The third kappa shape index (κ3) is 4.43. The van der Waals surface area contributed by atoms with Gasteiger partial charge in [0.05, 0.1) is 10.1 Å². The van der Waals surface area contributed by atoms with Crippen LogP contribution >= 0.6 is 34.4 Å². The van der Waals surface area contributed by atoms with E-state index in [1.54, 1.807) is 23.1 Å². The molecule has 0 saturated heterocycles. The molecular formula is C19H19N5OS3. The molecule has 0 saturated carbocycles. The molecule has 0 bridgehead atoms. The van der Waals surface area contributed by atoms with E-state index in [0.717, 1.165) is 20.0 Å². The predicted molar refractivity (Wildman–Crippen MR) is 116 cm³/mol. The molecule has 0 radical (unpaired) electrons. The number of thioether (sulfide) groups is 1. The van der Waals surface area contributed by atoms with Crippen molar-refractivity contribution in [2.45, 2.75) is 36.3 Å². The van der Waals surface area contributed by atoms with Crippen molar-refractivity contribution in [3.8, 4) is 10.8 Å². The largest absolute Gasteiger partial charge is 0.419 e. The van der Waals surface area contributed by atoms with Crippen molar-refractivity contribution in [3.05, 3.63) is 53.2 Å². The predicted octanol–water partition coefficient (Wildman–Crippen LogP) is 6.37. The van der Waals surface area contributed by atoms with Gasteiger partial charge in [0.1, 0.15) is 0 Å². The summed E-state index contributed by atoms with van der Waals surface area (Å²) in [5, 5.41) is 22.9. The summed E-state index contributed by atoms with van der Waals surface area (Å²) in [4.78, 5) is 0.974. The molecule has 3 aromatic heterocycles. The van der Waals surface area contributed by atoms with Crippen LogP contribution in [-0.2, 0) is 0 Å². The minimum atomic E-state index is -0.00709. The highest BCUT2D eigenvalue weighted by Gasteiger charge is 2.19. The summed E-state index contributed by atoms with van der Waals surface area (Å²) < 4.78 is 6.65. The van der Waals surface area contributed by atoms with Crippen LogP contribution in [0.1, 0.15) is 43.4 Å². The number of hydrogen-bond acceptors (Lipinski definition) is 9. The number of hydrogen-bond donors (Lipinski definition) is 1. The lowest BCUT2D eigenvalue weighted by atomic mass is 10.0. The average molecular weight is 430 g/mol. The highest BCUT2D eigenvalue weighted by Crippen LogP contribution is 2.38. The Balaban J connectivity index is 1.39. The van der Waals surface area contributed by atoms with E-state index in [4.69, 9.17) is 4.42 Å². The molecule has 1 atom stereocenters. The SMILES string of the molecule is CC(C)c1ccc(Nc2nnc(S[C@H](C)c3nnc(-c4cccs4)o3)s2)cc1. The van der Waals surface area contributed by atoms with E-state index in [1.165, 1.54) is 16.9 Å². The molecule has 0 aliphatic carbocycles. The molecule has 28 heavy (non-hydrogen) atoms. The minimum absolute atomic E-state index is 0.00709. The molecule has 0 spiro atoms. The van der Waals surface area contributed by atoms with Gasteiger partial charge in [-0.2, -0.15) is 0 Å². The van der Waals surface area contributed by atoms with Crippen molar-refractivity contribution in [1.29, 1.82) is 0 Å². The lowest BCUT2D eigenvalue weighted by molar-refractivity contribution is 0.510. The van der Waals surface area contributed by atoms with Crippen LogP contribution in [0.3, 0.4) is 0 Å². The van der Waals surface area contributed by atoms with E-state index in [9.17, 15) is 0 Å². The minimum Gasteiger partial charge on any atom is -0.419 e. The topological polar surface area (TPSA) is 76.7 Å². The molecule has 0 unspecified atom stereocenters. The van der Waals surface area contributed by atoms with Gasteiger partial charge in [0.2, 0.25) is 11.0 Å². The van der Waals surface area contributed by atoms with Gasteiger partial charge in [0.25, 0.3) is 5.89 Å². The number of nitrogens with zero attached hydrogens (tertiary/aromatic N) is 4. The highest BCUT2D eigenvalue weighted by atomic mass is 32.2. The third-order valence-corrected chi connectivity index (χ3v) is 6.90. The van der Waals surface area contributed by atoms with Crippen molar-refractivity contribution < 1.29 is 4.42 Å². The van der Waals surface area contributed by atoms with Gasteiger partial charge in [0, 0.05) is 5.69 Å². The Kier molecular flexibility index (Phi) is 5.74. The van der Waals surface area contributed by atoms with E-state index in [-0.39, 0.29) is 5.25 Å². The van der Waals surface area contributed by atoms with E-state index in [1.807, 2.05) is 24.4 Å². The molecule has 0 amide bonds. The van der Waals surface area contributed by atoms with E-state index < -0.39 is 0 Å². The normalized spacial score (nSPS) is 12.4. The van der Waals surface area contributed by atoms with Gasteiger partial charge in [-0.05, 0) is 42.0 Å². The van der Waals surface area contributed by atoms with Crippen molar-refractivity contribution in [2.24, 2.45) is 0 Å². The van der Waals surface area contributed by atoms with Crippen LogP contribution in [0.25, 0.3) is 10.8 Å². The second-order valence-electron chi connectivity index (χ2n) is 6.46. The van der Waals surface area contributed by atoms with E-state index in [0.29, 0.717) is 17.7 Å². The number of rotatable bonds is 7. The average Bonchev–Trinajstić information content (AvgIpc) is 3.44. The van der Waals surface area contributed by atoms with Gasteiger partial charge in [-0.1, -0.05) is 55.1 Å². The lowest BCUT2D eigenvalue weighted by Gasteiger charge is -2.06. The zero-order valence-electron chi connectivity index (χ0n) is 15.6. The van der Waals surface area contributed by atoms with Gasteiger partial charge in [0.15, 0.2) is 4.34 Å². The van der Waals surface area contributed by atoms with Crippen LogP contribution in [0, 0.1) is 0 Å². The molecule has 9 heteroatoms. The number of benzene rings is 1. The quantitative estimate of drug-likeness (QED) is 0.342. The maximum absolute atomic E-state index is 5.80. The molecule has 4 aromatic rings. The Morgan fingerprint density at radius 2 is 1.82 bits per heavy atom. The molecule has 3 heterocycles. The molecule has 0 aliphatic heterocycles. The molecular weight excluding hydrogens is 410 g/mol. The van der Waals surface area contributed by atoms with Crippen LogP contribution in [-0.4, -0.2) is 20.4 Å². The van der Waals surface area contributed by atoms with Gasteiger partial charge < -0.3 is 9.73 Å². The summed E-state index contributed by atoms with van der Waals surface area (Å²) in [6.45, 7) is 6.39. The van der Waals surface area contributed by atoms with Crippen LogP contribution in [0.15, 0.2) is 50.5 Å². The number of nitrogens with one attached hydrogen (secondary N) is 1. The zero-order valence-corrected chi connectivity index (χ0v) is 18.1. The first-order valence-electron chi connectivity index (χ1n) is 8.83. The Hall–Kier alpha value is -2.23. The van der Waals surface area contributed by atoms with Crippen LogP contribution in [0.2, 0.25) is 0 Å². The fourth-order valence-corrected chi connectivity index (χ4v) is 5.07. The Morgan fingerprint density at radius 3 is 2.54 bits per heavy atom. The molecule has 6 nitrogen and oxygen atoms in total. The summed E-state index contributed by atoms with van der Waals surface area (Å²) in [5.41, 5.74) is 2.32. The standard InChI is InChI=1S/C19H19N5OS3/c1-11(2)13-6-8-14(9-7-13)20-18-23-24-19(28-18)27-12(3)16-21-22-17(25-16)15-5-4-10-26-15/h4-12H,1-3H3,(H,20,23)/t12-/m1/s1. The summed E-state index contributed by atoms with van der Waals surface area (Å²) in [6.07, 6.45) is 0. The van der Waals surface area contributed by atoms with E-state index in [2.05, 4.69) is 63.8 Å². The summed E-state index contributed by atoms with van der Waals surface area (Å²) >= 11 is 4.64. The fraction of sp³-hybridized carbons (Fsp3) is 0.263. The molecule has 1 N–H and O–H groups in total. The molecule has 4 rings (SSSR count). The lowest BCUT2D eigenvalue weighted by Crippen LogP contribution is -1.91. The third-order valence-electron chi connectivity index (χ3n) is 4.03. The first-order valence-corrected chi connectivity index (χ1v) is 11.4. The molecule has 1 aromatic carbocycles. The molecule has 0 aliphatic rings. The Bertz CT molecular complexity index is 1020. The second-order valence-corrected chi connectivity index (χ2v) is 9.97. The highest BCUT2D eigenvalue weighted by molar-refractivity contribution is 8.01. The fourth-order valence-electron chi connectivity index (χ4n) is 2.48. The van der Waals surface area contributed by atoms with Crippen molar-refractivity contribution in [2.75, 3.05) is 5.32 Å². The van der Waals surface area contributed by atoms with Gasteiger partial charge in [-0.15, -0.1) is 31.7 Å². The van der Waals surface area contributed by atoms with Gasteiger partial charge in [-0.25, -0.2) is 0 Å². The van der Waals surface area contributed by atoms with Crippen LogP contribution in [0.4, 0.5) is 10.8 Å². The summed E-state index contributed by atoms with van der Waals surface area (Å²) in [6, 6.07) is 12.3. The Labute approximate surface area is 175 Å². The number of thiophene rings is 1. The van der Waals surface area contributed by atoms with Crippen molar-refractivity contribution in [3.63, 3.8) is 0 Å². The van der Waals surface area contributed by atoms with Crippen LogP contribution < -0.4 is 5.32 Å². The zero-order chi connectivity index (χ0) is 19.5. The number of anilines is 2. The van der Waals surface area contributed by atoms with Crippen molar-refractivity contribution in [1.82, 2.24) is 20.4 Å². The Morgan fingerprint density at radius 1 is 1.00 bits per heavy atom. The monoisotopic (exact) mass is 429 g/mol. The van der Waals surface area contributed by atoms with Crippen LogP contribution in [0.5, 0.6) is 0 Å². The van der Waals surface area contributed by atoms with Crippen molar-refractivity contribution >= 4 is 45.3 Å². The first-order chi connectivity index (χ1) is 13.6. The molecule has 144 valence electrons. The number of aromatic nitrogens is 4. The van der Waals surface area contributed by atoms with Gasteiger partial charge in [-0.3, -0.25) is 0 Å². The van der Waals surface area contributed by atoms with E-state index >= 15 is 0 Å². The molecule has 0 fully saturated rings. The summed E-state index contributed by atoms with van der Waals surface area (Å²) in [5.74, 6) is 1.66.